The van der Waals surface area contributed by atoms with E-state index >= 15 is 0 Å². The topological polar surface area (TPSA) is 90.7 Å². The van der Waals surface area contributed by atoms with Crippen molar-refractivity contribution in [3.8, 4) is 0 Å². The van der Waals surface area contributed by atoms with E-state index < -0.39 is 10.9 Å². The minimum absolute atomic E-state index is 0.0462. The molecule has 0 saturated heterocycles. The molecule has 1 aromatic carbocycles. The second-order valence-electron chi connectivity index (χ2n) is 5.53. The Hall–Kier alpha value is -2.15. The lowest BCUT2D eigenvalue weighted by Gasteiger charge is -2.40. The van der Waals surface area contributed by atoms with E-state index in [-0.39, 0.29) is 16.9 Å². The Labute approximate surface area is 128 Å². The van der Waals surface area contributed by atoms with E-state index in [9.17, 15) is 14.9 Å². The van der Waals surface area contributed by atoms with Crippen molar-refractivity contribution in [2.45, 2.75) is 31.8 Å². The number of hydrogen-bond donors (Lipinski definition) is 1. The second-order valence-corrected chi connectivity index (χ2v) is 5.53. The predicted octanol–water partition coefficient (Wildman–Crippen LogP) is 2.67. The summed E-state index contributed by atoms with van der Waals surface area (Å²) in [7, 11) is 2.89. The molecule has 0 heterocycles. The summed E-state index contributed by atoms with van der Waals surface area (Å²) in [5.41, 5.74) is 0.612. The van der Waals surface area contributed by atoms with Gasteiger partial charge in [-0.25, -0.2) is 4.79 Å². The number of ether oxygens (including phenoxy) is 2. The molecule has 0 aromatic heterocycles. The third-order valence-electron chi connectivity index (χ3n) is 4.20. The molecule has 1 aliphatic rings. The summed E-state index contributed by atoms with van der Waals surface area (Å²) in [5, 5.41) is 14.4. The number of benzene rings is 1. The van der Waals surface area contributed by atoms with Crippen molar-refractivity contribution in [1.82, 2.24) is 0 Å². The predicted molar refractivity (Wildman–Crippen MR) is 81.3 cm³/mol. The van der Waals surface area contributed by atoms with Gasteiger partial charge in [0, 0.05) is 24.9 Å². The number of esters is 1. The Balaban J connectivity index is 2.27. The Morgan fingerprint density at radius 3 is 2.55 bits per heavy atom. The van der Waals surface area contributed by atoms with E-state index in [1.54, 1.807) is 20.1 Å². The minimum atomic E-state index is -0.719. The normalized spacial score (nSPS) is 15.8. The van der Waals surface area contributed by atoms with Crippen molar-refractivity contribution < 1.29 is 19.2 Å². The molecule has 1 aliphatic carbocycles. The first-order valence-corrected chi connectivity index (χ1v) is 7.09. The van der Waals surface area contributed by atoms with E-state index in [0.29, 0.717) is 17.8 Å². The second kappa shape index (κ2) is 6.31. The van der Waals surface area contributed by atoms with Gasteiger partial charge in [-0.1, -0.05) is 0 Å². The number of nitro groups is 1. The molecule has 1 N–H and O–H groups in total. The summed E-state index contributed by atoms with van der Waals surface area (Å²) in [5.74, 6) is -0.719. The number of nitrogens with one attached hydrogen (secondary N) is 1. The van der Waals surface area contributed by atoms with Gasteiger partial charge in [-0.3, -0.25) is 10.1 Å². The highest BCUT2D eigenvalue weighted by Crippen LogP contribution is 2.35. The van der Waals surface area contributed by atoms with Gasteiger partial charge < -0.3 is 14.8 Å². The molecule has 120 valence electrons. The highest BCUT2D eigenvalue weighted by molar-refractivity contribution is 5.95. The van der Waals surface area contributed by atoms with Crippen LogP contribution in [0.1, 0.15) is 35.2 Å². The molecule has 1 saturated carbocycles. The average Bonchev–Trinajstić information content (AvgIpc) is 2.44. The number of aryl methyl sites for hydroxylation is 1. The van der Waals surface area contributed by atoms with Gasteiger partial charge in [0.1, 0.15) is 5.56 Å². The first kappa shape index (κ1) is 16.2. The smallest absolute Gasteiger partial charge is 0.344 e. The van der Waals surface area contributed by atoms with Crippen LogP contribution < -0.4 is 5.32 Å². The summed E-state index contributed by atoms with van der Waals surface area (Å²) < 4.78 is 10.2. The average molecular weight is 308 g/mol. The van der Waals surface area contributed by atoms with Crippen molar-refractivity contribution in [3.05, 3.63) is 33.4 Å². The van der Waals surface area contributed by atoms with E-state index in [1.165, 1.54) is 13.2 Å². The van der Waals surface area contributed by atoms with E-state index in [1.807, 2.05) is 0 Å². The zero-order valence-electron chi connectivity index (χ0n) is 13.0. The monoisotopic (exact) mass is 308 g/mol. The lowest BCUT2D eigenvalue weighted by Crippen LogP contribution is -2.45. The molecule has 0 amide bonds. The molecule has 0 radical (unpaired) electrons. The third kappa shape index (κ3) is 3.04. The SMILES string of the molecule is COC(=O)c1cc(NCC2(OC)CCC2)cc(C)c1[N+](=O)[O-]. The van der Waals surface area contributed by atoms with Gasteiger partial charge >= 0.3 is 5.97 Å². The quantitative estimate of drug-likeness (QED) is 0.493. The van der Waals surface area contributed by atoms with Gasteiger partial charge in [0.05, 0.1) is 17.6 Å². The number of nitrogens with zero attached hydrogens (tertiary/aromatic N) is 1. The Kier molecular flexibility index (Phi) is 4.65. The fraction of sp³-hybridized carbons (Fsp3) is 0.533. The van der Waals surface area contributed by atoms with Crippen LogP contribution in [0.4, 0.5) is 11.4 Å². The van der Waals surface area contributed by atoms with Crippen LogP contribution >= 0.6 is 0 Å². The summed E-state index contributed by atoms with van der Waals surface area (Å²) >= 11 is 0. The van der Waals surface area contributed by atoms with Crippen molar-refractivity contribution in [1.29, 1.82) is 0 Å². The zero-order valence-corrected chi connectivity index (χ0v) is 13.0. The molecular weight excluding hydrogens is 288 g/mol. The highest BCUT2D eigenvalue weighted by Gasteiger charge is 2.37. The van der Waals surface area contributed by atoms with Gasteiger partial charge in [0.15, 0.2) is 0 Å². The molecule has 0 aliphatic heterocycles. The molecule has 0 atom stereocenters. The molecule has 0 spiro atoms. The first-order valence-electron chi connectivity index (χ1n) is 7.09. The molecule has 7 heteroatoms. The van der Waals surface area contributed by atoms with Gasteiger partial charge in [-0.15, -0.1) is 0 Å². The van der Waals surface area contributed by atoms with Crippen molar-refractivity contribution in [3.63, 3.8) is 0 Å². The summed E-state index contributed by atoms with van der Waals surface area (Å²) in [4.78, 5) is 22.4. The standard InChI is InChI=1S/C15H20N2O5/c1-10-7-11(16-9-15(22-3)5-4-6-15)8-12(14(18)21-2)13(10)17(19)20/h7-8,16H,4-6,9H2,1-3H3. The molecule has 0 unspecified atom stereocenters. The summed E-state index contributed by atoms with van der Waals surface area (Å²) in [6.07, 6.45) is 3.08. The first-order chi connectivity index (χ1) is 10.4. The molecule has 1 aromatic rings. The van der Waals surface area contributed by atoms with Crippen LogP contribution in [0.25, 0.3) is 0 Å². The van der Waals surface area contributed by atoms with E-state index in [2.05, 4.69) is 10.1 Å². The third-order valence-corrected chi connectivity index (χ3v) is 4.20. The fourth-order valence-corrected chi connectivity index (χ4v) is 2.68. The van der Waals surface area contributed by atoms with Crippen molar-refractivity contribution >= 4 is 17.3 Å². The lowest BCUT2D eigenvalue weighted by molar-refractivity contribution is -0.385. The minimum Gasteiger partial charge on any atom is -0.465 e. The molecule has 7 nitrogen and oxygen atoms in total. The lowest BCUT2D eigenvalue weighted by atomic mass is 9.80. The Morgan fingerprint density at radius 1 is 1.41 bits per heavy atom. The Morgan fingerprint density at radius 2 is 2.09 bits per heavy atom. The molecule has 1 fully saturated rings. The van der Waals surface area contributed by atoms with Crippen LogP contribution in [-0.4, -0.2) is 37.3 Å². The van der Waals surface area contributed by atoms with E-state index in [0.717, 1.165) is 19.3 Å². The maximum absolute atomic E-state index is 11.8. The van der Waals surface area contributed by atoms with Gasteiger partial charge in [-0.05, 0) is 38.3 Å². The van der Waals surface area contributed by atoms with Crippen LogP contribution in [-0.2, 0) is 9.47 Å². The number of methoxy groups -OCH3 is 2. The van der Waals surface area contributed by atoms with Crippen molar-refractivity contribution in [2.75, 3.05) is 26.1 Å². The number of anilines is 1. The maximum Gasteiger partial charge on any atom is 0.344 e. The number of nitro benzene ring substituents is 1. The van der Waals surface area contributed by atoms with Crippen LogP contribution in [0.3, 0.4) is 0 Å². The number of carbonyl (C=O) groups is 1. The van der Waals surface area contributed by atoms with Crippen molar-refractivity contribution in [2.24, 2.45) is 0 Å². The zero-order chi connectivity index (χ0) is 16.3. The van der Waals surface area contributed by atoms with Crippen LogP contribution in [0, 0.1) is 17.0 Å². The highest BCUT2D eigenvalue weighted by atomic mass is 16.6. The molecule has 0 bridgehead atoms. The molecular formula is C15H20N2O5. The van der Waals surface area contributed by atoms with Gasteiger partial charge in [0.25, 0.3) is 5.69 Å². The van der Waals surface area contributed by atoms with Crippen LogP contribution in [0.2, 0.25) is 0 Å². The van der Waals surface area contributed by atoms with Crippen LogP contribution in [0.5, 0.6) is 0 Å². The number of rotatable bonds is 6. The fourth-order valence-electron chi connectivity index (χ4n) is 2.68. The largest absolute Gasteiger partial charge is 0.465 e. The van der Waals surface area contributed by atoms with Crippen LogP contribution in [0.15, 0.2) is 12.1 Å². The van der Waals surface area contributed by atoms with Gasteiger partial charge in [-0.2, -0.15) is 0 Å². The van der Waals surface area contributed by atoms with Gasteiger partial charge in [0.2, 0.25) is 0 Å². The Bertz CT molecular complexity index is 590. The summed E-state index contributed by atoms with van der Waals surface area (Å²) in [6.45, 7) is 2.20. The van der Waals surface area contributed by atoms with E-state index in [4.69, 9.17) is 4.74 Å². The maximum atomic E-state index is 11.8. The molecule has 22 heavy (non-hydrogen) atoms. The number of carbonyl (C=O) groups excluding carboxylic acids is 1. The number of hydrogen-bond acceptors (Lipinski definition) is 6. The molecule has 2 rings (SSSR count). The summed E-state index contributed by atoms with van der Waals surface area (Å²) in [6, 6.07) is 3.12.